The molecule has 2 amide bonds. The topological polar surface area (TPSA) is 40.6 Å². The van der Waals surface area contributed by atoms with Crippen LogP contribution < -0.4 is 0 Å². The number of hydrogen-bond acceptors (Lipinski definition) is 2. The molecule has 1 unspecified atom stereocenters. The standard InChI is InChI=1S/C16H26N2O2/c1-2-14(19)18-10-4-3-6-13(18)15(20)17-11-9-16(12-17)7-5-8-16/h13H,2-12H2,1H3. The third-order valence-corrected chi connectivity index (χ3v) is 5.57. The van der Waals surface area contributed by atoms with Crippen LogP contribution in [-0.4, -0.2) is 47.3 Å². The van der Waals surface area contributed by atoms with Gasteiger partial charge in [-0.05, 0) is 43.9 Å². The summed E-state index contributed by atoms with van der Waals surface area (Å²) in [5.74, 6) is 0.357. The van der Waals surface area contributed by atoms with Gasteiger partial charge in [-0.15, -0.1) is 0 Å². The second kappa shape index (κ2) is 5.38. The molecule has 0 radical (unpaired) electrons. The van der Waals surface area contributed by atoms with E-state index in [1.54, 1.807) is 0 Å². The molecular formula is C16H26N2O2. The Labute approximate surface area is 121 Å². The van der Waals surface area contributed by atoms with Crippen LogP contribution in [0.15, 0.2) is 0 Å². The van der Waals surface area contributed by atoms with Crippen molar-refractivity contribution in [1.29, 1.82) is 0 Å². The van der Waals surface area contributed by atoms with Crippen molar-refractivity contribution in [3.05, 3.63) is 0 Å². The molecule has 2 heterocycles. The van der Waals surface area contributed by atoms with E-state index in [1.165, 1.54) is 25.7 Å². The first-order valence-electron chi connectivity index (χ1n) is 8.23. The zero-order valence-corrected chi connectivity index (χ0v) is 12.6. The van der Waals surface area contributed by atoms with E-state index < -0.39 is 0 Å². The van der Waals surface area contributed by atoms with E-state index in [4.69, 9.17) is 0 Å². The minimum absolute atomic E-state index is 0.139. The maximum absolute atomic E-state index is 12.8. The van der Waals surface area contributed by atoms with Crippen molar-refractivity contribution in [3.63, 3.8) is 0 Å². The molecule has 1 spiro atoms. The number of hydrogen-bond donors (Lipinski definition) is 0. The van der Waals surface area contributed by atoms with Crippen LogP contribution in [0.2, 0.25) is 0 Å². The average Bonchev–Trinajstić information content (AvgIpc) is 2.91. The van der Waals surface area contributed by atoms with E-state index >= 15 is 0 Å². The molecule has 2 aliphatic heterocycles. The molecule has 1 atom stereocenters. The minimum atomic E-state index is -0.175. The van der Waals surface area contributed by atoms with E-state index in [9.17, 15) is 9.59 Å². The van der Waals surface area contributed by atoms with E-state index in [0.29, 0.717) is 11.8 Å². The van der Waals surface area contributed by atoms with Crippen LogP contribution in [0.1, 0.15) is 58.3 Å². The summed E-state index contributed by atoms with van der Waals surface area (Å²) in [4.78, 5) is 28.7. The first-order chi connectivity index (χ1) is 9.65. The number of nitrogens with zero attached hydrogens (tertiary/aromatic N) is 2. The Kier molecular flexibility index (Phi) is 3.74. The van der Waals surface area contributed by atoms with Gasteiger partial charge in [-0.25, -0.2) is 0 Å². The Morgan fingerprint density at radius 1 is 1.10 bits per heavy atom. The molecule has 0 N–H and O–H groups in total. The molecule has 112 valence electrons. The fourth-order valence-electron chi connectivity index (χ4n) is 4.11. The molecule has 1 saturated carbocycles. The van der Waals surface area contributed by atoms with Gasteiger partial charge >= 0.3 is 0 Å². The average molecular weight is 278 g/mol. The molecule has 3 rings (SSSR count). The Bertz CT molecular complexity index is 403. The molecular weight excluding hydrogens is 252 g/mol. The van der Waals surface area contributed by atoms with Gasteiger partial charge in [-0.3, -0.25) is 9.59 Å². The number of likely N-dealkylation sites (tertiary alicyclic amines) is 2. The molecule has 20 heavy (non-hydrogen) atoms. The number of rotatable bonds is 2. The summed E-state index contributed by atoms with van der Waals surface area (Å²) in [6.45, 7) is 4.50. The van der Waals surface area contributed by atoms with Gasteiger partial charge in [0.2, 0.25) is 11.8 Å². The lowest BCUT2D eigenvalue weighted by atomic mass is 9.68. The number of carbonyl (C=O) groups is 2. The van der Waals surface area contributed by atoms with Gasteiger partial charge < -0.3 is 9.80 Å². The summed E-state index contributed by atoms with van der Waals surface area (Å²) in [5, 5.41) is 0. The van der Waals surface area contributed by atoms with E-state index in [2.05, 4.69) is 0 Å². The summed E-state index contributed by atoms with van der Waals surface area (Å²) >= 11 is 0. The third kappa shape index (κ3) is 2.33. The quantitative estimate of drug-likeness (QED) is 0.777. The van der Waals surface area contributed by atoms with E-state index in [-0.39, 0.29) is 17.9 Å². The van der Waals surface area contributed by atoms with Crippen LogP contribution in [0.5, 0.6) is 0 Å². The van der Waals surface area contributed by atoms with Gasteiger partial charge in [0.25, 0.3) is 0 Å². The first kappa shape index (κ1) is 13.9. The van der Waals surface area contributed by atoms with Crippen LogP contribution in [0.25, 0.3) is 0 Å². The Balaban J connectivity index is 1.67. The van der Waals surface area contributed by atoms with Gasteiger partial charge in [-0.1, -0.05) is 13.3 Å². The minimum Gasteiger partial charge on any atom is -0.340 e. The zero-order valence-electron chi connectivity index (χ0n) is 12.6. The molecule has 0 aromatic rings. The zero-order chi connectivity index (χ0) is 14.2. The van der Waals surface area contributed by atoms with Crippen molar-refractivity contribution in [1.82, 2.24) is 9.80 Å². The van der Waals surface area contributed by atoms with Crippen LogP contribution in [0.4, 0.5) is 0 Å². The second-order valence-electron chi connectivity index (χ2n) is 6.82. The second-order valence-corrected chi connectivity index (χ2v) is 6.82. The molecule has 0 aromatic heterocycles. The highest BCUT2D eigenvalue weighted by Gasteiger charge is 2.46. The first-order valence-corrected chi connectivity index (χ1v) is 8.23. The lowest BCUT2D eigenvalue weighted by molar-refractivity contribution is -0.147. The van der Waals surface area contributed by atoms with Gasteiger partial charge in [0.05, 0.1) is 0 Å². The molecule has 4 nitrogen and oxygen atoms in total. The lowest BCUT2D eigenvalue weighted by Crippen LogP contribution is -2.53. The largest absolute Gasteiger partial charge is 0.340 e. The fourth-order valence-corrected chi connectivity index (χ4v) is 4.11. The molecule has 3 fully saturated rings. The summed E-state index contributed by atoms with van der Waals surface area (Å²) < 4.78 is 0. The predicted molar refractivity (Wildman–Crippen MR) is 77.1 cm³/mol. The summed E-state index contributed by atoms with van der Waals surface area (Å²) in [6, 6.07) is -0.175. The van der Waals surface area contributed by atoms with Gasteiger partial charge in [0.15, 0.2) is 0 Å². The van der Waals surface area contributed by atoms with Crippen molar-refractivity contribution in [3.8, 4) is 0 Å². The van der Waals surface area contributed by atoms with E-state index in [1.807, 2.05) is 16.7 Å². The summed E-state index contributed by atoms with van der Waals surface area (Å²) in [6.07, 6.45) is 8.56. The van der Waals surface area contributed by atoms with Gasteiger partial charge in [-0.2, -0.15) is 0 Å². The van der Waals surface area contributed by atoms with Crippen LogP contribution in [0, 0.1) is 5.41 Å². The van der Waals surface area contributed by atoms with Crippen molar-refractivity contribution >= 4 is 11.8 Å². The fraction of sp³-hybridized carbons (Fsp3) is 0.875. The molecule has 4 heteroatoms. The number of piperidine rings is 1. The number of amides is 2. The highest BCUT2D eigenvalue weighted by molar-refractivity contribution is 5.88. The summed E-state index contributed by atoms with van der Waals surface area (Å²) in [7, 11) is 0. The monoisotopic (exact) mass is 278 g/mol. The van der Waals surface area contributed by atoms with Crippen molar-refractivity contribution < 1.29 is 9.59 Å². The highest BCUT2D eigenvalue weighted by Crippen LogP contribution is 2.48. The van der Waals surface area contributed by atoms with Gasteiger partial charge in [0.1, 0.15) is 6.04 Å². The third-order valence-electron chi connectivity index (χ3n) is 5.57. The molecule has 0 aromatic carbocycles. The molecule has 0 bridgehead atoms. The maximum Gasteiger partial charge on any atom is 0.245 e. The summed E-state index contributed by atoms with van der Waals surface area (Å²) in [5.41, 5.74) is 0.448. The Morgan fingerprint density at radius 3 is 2.50 bits per heavy atom. The van der Waals surface area contributed by atoms with Crippen molar-refractivity contribution in [2.45, 2.75) is 64.3 Å². The van der Waals surface area contributed by atoms with Crippen LogP contribution >= 0.6 is 0 Å². The molecule has 3 aliphatic rings. The van der Waals surface area contributed by atoms with Crippen molar-refractivity contribution in [2.75, 3.05) is 19.6 Å². The van der Waals surface area contributed by atoms with Crippen LogP contribution in [0.3, 0.4) is 0 Å². The normalized spacial score (nSPS) is 28.6. The van der Waals surface area contributed by atoms with Crippen LogP contribution in [-0.2, 0) is 9.59 Å². The SMILES string of the molecule is CCC(=O)N1CCCCC1C(=O)N1CCC2(CCC2)C1. The van der Waals surface area contributed by atoms with Crippen molar-refractivity contribution in [2.24, 2.45) is 5.41 Å². The highest BCUT2D eigenvalue weighted by atomic mass is 16.2. The van der Waals surface area contributed by atoms with E-state index in [0.717, 1.165) is 38.9 Å². The smallest absolute Gasteiger partial charge is 0.245 e. The Morgan fingerprint density at radius 2 is 1.90 bits per heavy atom. The lowest BCUT2D eigenvalue weighted by Gasteiger charge is -2.40. The molecule has 2 saturated heterocycles. The maximum atomic E-state index is 12.8. The number of carbonyl (C=O) groups excluding carboxylic acids is 2. The predicted octanol–water partition coefficient (Wildman–Crippen LogP) is 2.18. The molecule has 1 aliphatic carbocycles. The van der Waals surface area contributed by atoms with Gasteiger partial charge in [0, 0.05) is 26.1 Å². The Hall–Kier alpha value is -1.06.